The Kier molecular flexibility index (Phi) is 4.24. The van der Waals surface area contributed by atoms with E-state index in [9.17, 15) is 4.79 Å². The molecule has 3 heteroatoms. The quantitative estimate of drug-likeness (QED) is 0.587. The van der Waals surface area contributed by atoms with Gasteiger partial charge in [0.15, 0.2) is 0 Å². The Bertz CT molecular complexity index is 254. The summed E-state index contributed by atoms with van der Waals surface area (Å²) in [5.41, 5.74) is 2.12. The SMILES string of the molecule is CC(C)=C(Br)C(C(=O)O)=C(C)C. The number of carboxylic acid groups (broad SMARTS) is 1. The van der Waals surface area contributed by atoms with Gasteiger partial charge < -0.3 is 5.11 Å². The van der Waals surface area contributed by atoms with Crippen LogP contribution in [-0.2, 0) is 4.79 Å². The van der Waals surface area contributed by atoms with Crippen LogP contribution >= 0.6 is 15.9 Å². The normalized spacial score (nSPS) is 9.08. The van der Waals surface area contributed by atoms with Crippen molar-refractivity contribution in [1.82, 2.24) is 0 Å². The van der Waals surface area contributed by atoms with Crippen LogP contribution in [0.2, 0.25) is 0 Å². The van der Waals surface area contributed by atoms with Crippen molar-refractivity contribution in [3.8, 4) is 0 Å². The van der Waals surface area contributed by atoms with Crippen LogP contribution in [0.4, 0.5) is 0 Å². The van der Waals surface area contributed by atoms with E-state index in [1.165, 1.54) is 0 Å². The van der Waals surface area contributed by atoms with Gasteiger partial charge in [0.1, 0.15) is 0 Å². The predicted octanol–water partition coefficient (Wildman–Crippen LogP) is 3.10. The Balaban J connectivity index is 5.21. The molecule has 0 aliphatic heterocycles. The molecular weight excluding hydrogens is 220 g/mol. The highest BCUT2D eigenvalue weighted by atomic mass is 79.9. The zero-order valence-corrected chi connectivity index (χ0v) is 9.32. The highest BCUT2D eigenvalue weighted by Crippen LogP contribution is 2.24. The maximum absolute atomic E-state index is 10.8. The number of hydrogen-bond donors (Lipinski definition) is 1. The third kappa shape index (κ3) is 2.81. The lowest BCUT2D eigenvalue weighted by Crippen LogP contribution is -2.03. The van der Waals surface area contributed by atoms with Crippen molar-refractivity contribution < 1.29 is 9.90 Å². The summed E-state index contributed by atoms with van der Waals surface area (Å²) in [4.78, 5) is 10.8. The molecule has 0 saturated carbocycles. The second-order valence-corrected chi connectivity index (χ2v) is 3.79. The summed E-state index contributed by atoms with van der Waals surface area (Å²) < 4.78 is 0.676. The topological polar surface area (TPSA) is 37.3 Å². The lowest BCUT2D eigenvalue weighted by Gasteiger charge is -2.05. The van der Waals surface area contributed by atoms with Gasteiger partial charge in [-0.1, -0.05) is 11.1 Å². The smallest absolute Gasteiger partial charge is 0.336 e. The summed E-state index contributed by atoms with van der Waals surface area (Å²) in [6, 6.07) is 0. The molecule has 0 aromatic rings. The molecule has 0 aliphatic rings. The van der Waals surface area contributed by atoms with E-state index in [2.05, 4.69) is 15.9 Å². The third-order valence-corrected chi connectivity index (χ3v) is 2.56. The molecule has 0 spiro atoms. The molecule has 12 heavy (non-hydrogen) atoms. The third-order valence-electron chi connectivity index (χ3n) is 1.37. The Labute approximate surface area is 81.1 Å². The summed E-state index contributed by atoms with van der Waals surface area (Å²) in [5, 5.41) is 8.84. The molecule has 68 valence electrons. The van der Waals surface area contributed by atoms with Crippen LogP contribution in [0.5, 0.6) is 0 Å². The van der Waals surface area contributed by atoms with E-state index in [-0.39, 0.29) is 0 Å². The van der Waals surface area contributed by atoms with E-state index < -0.39 is 5.97 Å². The number of allylic oxidation sites excluding steroid dienone is 2. The first-order chi connectivity index (χ1) is 5.37. The standard InChI is InChI=1S/C9H13BrO2/c1-5(2)7(9(11)12)8(10)6(3)4/h1-4H3,(H,11,12). The van der Waals surface area contributed by atoms with Crippen LogP contribution in [0.3, 0.4) is 0 Å². The lowest BCUT2D eigenvalue weighted by molar-refractivity contribution is -0.132. The Morgan fingerprint density at radius 3 is 1.58 bits per heavy atom. The fraction of sp³-hybridized carbons (Fsp3) is 0.444. The summed E-state index contributed by atoms with van der Waals surface area (Å²) in [7, 11) is 0. The lowest BCUT2D eigenvalue weighted by atomic mass is 10.1. The maximum Gasteiger partial charge on any atom is 0.336 e. The van der Waals surface area contributed by atoms with Crippen molar-refractivity contribution in [2.24, 2.45) is 0 Å². The van der Waals surface area contributed by atoms with Gasteiger partial charge in [-0.3, -0.25) is 0 Å². The van der Waals surface area contributed by atoms with E-state index >= 15 is 0 Å². The van der Waals surface area contributed by atoms with Crippen LogP contribution in [-0.4, -0.2) is 11.1 Å². The van der Waals surface area contributed by atoms with Crippen molar-refractivity contribution >= 4 is 21.9 Å². The summed E-state index contributed by atoms with van der Waals surface area (Å²) in [5.74, 6) is -0.886. The molecule has 0 radical (unpaired) electrons. The number of rotatable bonds is 2. The van der Waals surface area contributed by atoms with Gasteiger partial charge in [-0.2, -0.15) is 0 Å². The van der Waals surface area contributed by atoms with E-state index in [1.807, 2.05) is 13.8 Å². The highest BCUT2D eigenvalue weighted by Gasteiger charge is 2.13. The molecule has 0 atom stereocenters. The summed E-state index contributed by atoms with van der Waals surface area (Å²) >= 11 is 3.25. The second-order valence-electron chi connectivity index (χ2n) is 2.99. The fourth-order valence-electron chi connectivity index (χ4n) is 0.777. The fourth-order valence-corrected chi connectivity index (χ4v) is 1.34. The number of aliphatic carboxylic acids is 1. The second kappa shape index (κ2) is 4.45. The molecule has 0 aliphatic carbocycles. The van der Waals surface area contributed by atoms with Crippen LogP contribution in [0, 0.1) is 0 Å². The molecule has 0 unspecified atom stereocenters. The number of carboxylic acids is 1. The minimum atomic E-state index is -0.886. The van der Waals surface area contributed by atoms with E-state index in [4.69, 9.17) is 5.11 Å². The van der Waals surface area contributed by atoms with Crippen molar-refractivity contribution in [3.63, 3.8) is 0 Å². The van der Waals surface area contributed by atoms with Gasteiger partial charge in [-0.05, 0) is 43.6 Å². The van der Waals surface area contributed by atoms with Crippen molar-refractivity contribution in [2.75, 3.05) is 0 Å². The Hall–Kier alpha value is -0.570. The van der Waals surface area contributed by atoms with Gasteiger partial charge in [0.25, 0.3) is 0 Å². The van der Waals surface area contributed by atoms with Gasteiger partial charge in [0.05, 0.1) is 5.57 Å². The number of hydrogen-bond acceptors (Lipinski definition) is 1. The number of carbonyl (C=O) groups is 1. The predicted molar refractivity (Wildman–Crippen MR) is 53.3 cm³/mol. The first-order valence-electron chi connectivity index (χ1n) is 3.62. The van der Waals surface area contributed by atoms with Crippen molar-refractivity contribution in [1.29, 1.82) is 0 Å². The molecule has 2 nitrogen and oxygen atoms in total. The molecule has 0 aromatic carbocycles. The van der Waals surface area contributed by atoms with Crippen LogP contribution in [0.1, 0.15) is 27.7 Å². The molecule has 0 aromatic heterocycles. The van der Waals surface area contributed by atoms with Gasteiger partial charge in [-0.15, -0.1) is 0 Å². The average Bonchev–Trinajstić information content (AvgIpc) is 1.85. The van der Waals surface area contributed by atoms with Crippen LogP contribution < -0.4 is 0 Å². The van der Waals surface area contributed by atoms with Crippen LogP contribution in [0.15, 0.2) is 21.2 Å². The average molecular weight is 233 g/mol. The van der Waals surface area contributed by atoms with E-state index in [0.717, 1.165) is 11.1 Å². The Morgan fingerprint density at radius 1 is 1.08 bits per heavy atom. The van der Waals surface area contributed by atoms with Crippen LogP contribution in [0.25, 0.3) is 0 Å². The Morgan fingerprint density at radius 2 is 1.50 bits per heavy atom. The number of halogens is 1. The zero-order chi connectivity index (χ0) is 9.89. The molecule has 0 fully saturated rings. The maximum atomic E-state index is 10.8. The van der Waals surface area contributed by atoms with Gasteiger partial charge in [0, 0.05) is 4.48 Å². The summed E-state index contributed by atoms with van der Waals surface area (Å²) in [6.45, 7) is 7.31. The molecule has 1 N–H and O–H groups in total. The molecular formula is C9H13BrO2. The molecule has 0 saturated heterocycles. The zero-order valence-electron chi connectivity index (χ0n) is 7.73. The van der Waals surface area contributed by atoms with Gasteiger partial charge in [-0.25, -0.2) is 4.79 Å². The minimum absolute atomic E-state index is 0.356. The first kappa shape index (κ1) is 11.4. The van der Waals surface area contributed by atoms with E-state index in [1.54, 1.807) is 13.8 Å². The van der Waals surface area contributed by atoms with E-state index in [0.29, 0.717) is 10.1 Å². The molecule has 0 amide bonds. The molecule has 0 heterocycles. The minimum Gasteiger partial charge on any atom is -0.478 e. The van der Waals surface area contributed by atoms with Gasteiger partial charge >= 0.3 is 5.97 Å². The monoisotopic (exact) mass is 232 g/mol. The van der Waals surface area contributed by atoms with Gasteiger partial charge in [0.2, 0.25) is 0 Å². The summed E-state index contributed by atoms with van der Waals surface area (Å²) in [6.07, 6.45) is 0. The first-order valence-corrected chi connectivity index (χ1v) is 4.41. The molecule has 0 bridgehead atoms. The van der Waals surface area contributed by atoms with Crippen molar-refractivity contribution in [2.45, 2.75) is 27.7 Å². The largest absolute Gasteiger partial charge is 0.478 e. The van der Waals surface area contributed by atoms with Crippen molar-refractivity contribution in [3.05, 3.63) is 21.2 Å². The molecule has 0 rings (SSSR count). The highest BCUT2D eigenvalue weighted by molar-refractivity contribution is 9.12.